The van der Waals surface area contributed by atoms with Gasteiger partial charge in [0.25, 0.3) is 0 Å². The molecular formula is C25H32N2O4S. The van der Waals surface area contributed by atoms with Crippen molar-refractivity contribution in [2.45, 2.75) is 78.4 Å². The van der Waals surface area contributed by atoms with Crippen LogP contribution in [0, 0.1) is 19.8 Å². The van der Waals surface area contributed by atoms with E-state index in [0.717, 1.165) is 82.9 Å². The minimum Gasteiger partial charge on any atom is -0.494 e. The Bertz CT molecular complexity index is 1090. The molecule has 7 heteroatoms. The van der Waals surface area contributed by atoms with E-state index in [4.69, 9.17) is 14.1 Å². The van der Waals surface area contributed by atoms with Crippen LogP contribution in [0.4, 0.5) is 0 Å². The number of thiazole rings is 1. The van der Waals surface area contributed by atoms with Crippen LogP contribution in [0.15, 0.2) is 27.4 Å². The van der Waals surface area contributed by atoms with Gasteiger partial charge in [0.2, 0.25) is 11.8 Å². The number of aryl methyl sites for hydroxylation is 4. The molecule has 2 aromatic heterocycles. The number of aromatic nitrogens is 2. The van der Waals surface area contributed by atoms with Crippen LogP contribution >= 0.6 is 11.3 Å². The fraction of sp³-hybridized carbons (Fsp3) is 0.520. The molecule has 32 heavy (non-hydrogen) atoms. The Hall–Kier alpha value is -2.38. The van der Waals surface area contributed by atoms with Gasteiger partial charge in [-0.25, -0.2) is 4.98 Å². The maximum absolute atomic E-state index is 11.4. The Kier molecular flexibility index (Phi) is 7.16. The molecule has 1 aromatic carbocycles. The molecule has 0 spiro atoms. The van der Waals surface area contributed by atoms with E-state index >= 15 is 0 Å². The summed E-state index contributed by atoms with van der Waals surface area (Å²) in [6, 6.07) is 6.23. The Morgan fingerprint density at radius 1 is 1.28 bits per heavy atom. The van der Waals surface area contributed by atoms with Crippen molar-refractivity contribution in [1.29, 1.82) is 0 Å². The van der Waals surface area contributed by atoms with E-state index in [1.54, 1.807) is 0 Å². The molecule has 1 aliphatic carbocycles. The Balaban J connectivity index is 1.37. The average Bonchev–Trinajstić information content (AvgIpc) is 3.32. The fourth-order valence-electron chi connectivity index (χ4n) is 4.74. The lowest BCUT2D eigenvalue weighted by atomic mass is 9.84. The van der Waals surface area contributed by atoms with Gasteiger partial charge < -0.3 is 14.3 Å². The highest BCUT2D eigenvalue weighted by Crippen LogP contribution is 2.33. The van der Waals surface area contributed by atoms with Crippen LogP contribution in [0.2, 0.25) is 0 Å². The second-order valence-corrected chi connectivity index (χ2v) is 9.87. The maximum Gasteiger partial charge on any atom is 0.307 e. The smallest absolute Gasteiger partial charge is 0.307 e. The summed E-state index contributed by atoms with van der Waals surface area (Å²) in [5, 5.41) is 9.81. The van der Waals surface area contributed by atoms with E-state index in [9.17, 15) is 9.90 Å². The van der Waals surface area contributed by atoms with E-state index in [1.165, 1.54) is 6.42 Å². The number of nitrogens with zero attached hydrogens (tertiary/aromatic N) is 1. The summed E-state index contributed by atoms with van der Waals surface area (Å²) in [6.07, 6.45) is 7.05. The zero-order chi connectivity index (χ0) is 22.7. The zero-order valence-corrected chi connectivity index (χ0v) is 19.9. The quantitative estimate of drug-likeness (QED) is 0.455. The molecule has 172 valence electrons. The van der Waals surface area contributed by atoms with E-state index in [0.29, 0.717) is 18.4 Å². The molecule has 0 aliphatic heterocycles. The molecule has 2 heterocycles. The molecule has 0 bridgehead atoms. The van der Waals surface area contributed by atoms with Crippen LogP contribution in [0.5, 0.6) is 5.88 Å². The first-order valence-electron chi connectivity index (χ1n) is 11.5. The van der Waals surface area contributed by atoms with Crippen molar-refractivity contribution >= 4 is 11.3 Å². The Morgan fingerprint density at radius 2 is 2.06 bits per heavy atom. The summed E-state index contributed by atoms with van der Waals surface area (Å²) in [7, 11) is 0. The number of benzene rings is 1. The second-order valence-electron chi connectivity index (χ2n) is 8.80. The highest BCUT2D eigenvalue weighted by atomic mass is 32.1. The van der Waals surface area contributed by atoms with Crippen LogP contribution in [-0.4, -0.2) is 21.2 Å². The minimum absolute atomic E-state index is 0.0291. The molecule has 2 unspecified atom stereocenters. The van der Waals surface area contributed by atoms with Gasteiger partial charge in [-0.3, -0.25) is 9.78 Å². The van der Waals surface area contributed by atoms with Crippen molar-refractivity contribution in [2.24, 2.45) is 5.92 Å². The zero-order valence-electron chi connectivity index (χ0n) is 19.1. The van der Waals surface area contributed by atoms with Gasteiger partial charge in [0, 0.05) is 12.0 Å². The number of hydrogen-bond acceptors (Lipinski definition) is 6. The lowest BCUT2D eigenvalue weighted by molar-refractivity contribution is -0.000590. The molecule has 2 N–H and O–H groups in total. The van der Waals surface area contributed by atoms with Crippen LogP contribution in [0.25, 0.3) is 11.5 Å². The molecule has 2 atom stereocenters. The average molecular weight is 457 g/mol. The summed E-state index contributed by atoms with van der Waals surface area (Å²) >= 11 is 1.11. The molecule has 0 saturated heterocycles. The Labute approximate surface area is 192 Å². The van der Waals surface area contributed by atoms with Gasteiger partial charge in [-0.05, 0) is 56.6 Å². The minimum atomic E-state index is -0.193. The normalized spacial score (nSPS) is 18.8. The SMILES string of the molecule is CCc1oc(-c2c(C)cccc2C)nc1COC1CCCC(CCc2sc(=O)[nH]c2O)C1. The van der Waals surface area contributed by atoms with Crippen LogP contribution in [0.1, 0.15) is 66.5 Å². The number of oxazole rings is 1. The van der Waals surface area contributed by atoms with E-state index in [1.807, 2.05) is 0 Å². The van der Waals surface area contributed by atoms with Gasteiger partial charge in [-0.2, -0.15) is 0 Å². The third-order valence-electron chi connectivity index (χ3n) is 6.46. The van der Waals surface area contributed by atoms with E-state index in [-0.39, 0.29) is 16.9 Å². The molecule has 3 aromatic rings. The molecule has 1 saturated carbocycles. The maximum atomic E-state index is 11.4. The first kappa shape index (κ1) is 22.8. The van der Waals surface area contributed by atoms with Crippen molar-refractivity contribution in [1.82, 2.24) is 9.97 Å². The van der Waals surface area contributed by atoms with Crippen molar-refractivity contribution in [3.8, 4) is 17.3 Å². The van der Waals surface area contributed by atoms with Crippen molar-refractivity contribution < 1.29 is 14.3 Å². The number of H-pyrrole nitrogens is 1. The molecule has 0 radical (unpaired) electrons. The lowest BCUT2D eigenvalue weighted by Gasteiger charge is -2.29. The third kappa shape index (κ3) is 5.15. The highest BCUT2D eigenvalue weighted by molar-refractivity contribution is 7.09. The standard InChI is InChI=1S/C25H32N2O4S/c1-4-20-19(26-24(31-20)22-15(2)7-5-8-16(22)3)14-30-18-10-6-9-17(13-18)11-12-21-23(28)27-25(29)32-21/h5,7-8,17-18,28H,4,6,9-14H2,1-3H3,(H,27,29). The number of aromatic amines is 1. The van der Waals surface area contributed by atoms with E-state index < -0.39 is 0 Å². The number of hydrogen-bond donors (Lipinski definition) is 2. The highest BCUT2D eigenvalue weighted by Gasteiger charge is 2.24. The number of nitrogens with one attached hydrogen (secondary N) is 1. The first-order valence-corrected chi connectivity index (χ1v) is 12.3. The van der Waals surface area contributed by atoms with Crippen molar-refractivity contribution in [3.05, 3.63) is 55.3 Å². The molecule has 4 rings (SSSR count). The van der Waals surface area contributed by atoms with Gasteiger partial charge in [-0.1, -0.05) is 49.3 Å². The van der Waals surface area contributed by atoms with Crippen molar-refractivity contribution in [3.63, 3.8) is 0 Å². The summed E-state index contributed by atoms with van der Waals surface area (Å²) in [5.41, 5.74) is 4.29. The summed E-state index contributed by atoms with van der Waals surface area (Å²) in [5.74, 6) is 2.15. The molecule has 0 amide bonds. The molecule has 6 nitrogen and oxygen atoms in total. The predicted octanol–water partition coefficient (Wildman–Crippen LogP) is 5.68. The summed E-state index contributed by atoms with van der Waals surface area (Å²) in [6.45, 7) is 6.72. The van der Waals surface area contributed by atoms with Gasteiger partial charge in [-0.15, -0.1) is 0 Å². The van der Waals surface area contributed by atoms with E-state index in [2.05, 4.69) is 44.0 Å². The third-order valence-corrected chi connectivity index (χ3v) is 7.40. The van der Waals surface area contributed by atoms with Crippen LogP contribution in [-0.2, 0) is 24.2 Å². The second kappa shape index (κ2) is 10.0. The molecule has 1 fully saturated rings. The van der Waals surface area contributed by atoms with Crippen LogP contribution < -0.4 is 4.87 Å². The largest absolute Gasteiger partial charge is 0.494 e. The van der Waals surface area contributed by atoms with Gasteiger partial charge in [0.15, 0.2) is 0 Å². The Morgan fingerprint density at radius 3 is 2.75 bits per heavy atom. The number of aromatic hydroxyl groups is 1. The summed E-state index contributed by atoms with van der Waals surface area (Å²) in [4.78, 5) is 19.2. The van der Waals surface area contributed by atoms with Gasteiger partial charge >= 0.3 is 4.87 Å². The number of rotatable bonds is 8. The predicted molar refractivity (Wildman–Crippen MR) is 126 cm³/mol. The van der Waals surface area contributed by atoms with Crippen molar-refractivity contribution in [2.75, 3.05) is 0 Å². The topological polar surface area (TPSA) is 88.4 Å². The van der Waals surface area contributed by atoms with Crippen LogP contribution in [0.3, 0.4) is 0 Å². The fourth-order valence-corrected chi connectivity index (χ4v) is 5.48. The lowest BCUT2D eigenvalue weighted by Crippen LogP contribution is -2.23. The van der Waals surface area contributed by atoms with Gasteiger partial charge in [0.1, 0.15) is 11.5 Å². The molecule has 1 aliphatic rings. The first-order chi connectivity index (χ1) is 15.4. The summed E-state index contributed by atoms with van der Waals surface area (Å²) < 4.78 is 12.4. The number of ether oxygens (including phenoxy) is 1. The van der Waals surface area contributed by atoms with Gasteiger partial charge in [0.05, 0.1) is 17.6 Å². The monoisotopic (exact) mass is 456 g/mol. The molecular weight excluding hydrogens is 424 g/mol.